The summed E-state index contributed by atoms with van der Waals surface area (Å²) in [5, 5.41) is 10.6. The third-order valence-corrected chi connectivity index (χ3v) is 6.39. The monoisotopic (exact) mass is 286 g/mol. The quantitative estimate of drug-likeness (QED) is 0.790. The SMILES string of the molecule is C[C@@]12C[C@H]3C[C@@](CBr)(C1)C[C@@](C(=O)O)(C3)C2. The number of aliphatic carboxylic acids is 1. The van der Waals surface area contributed by atoms with Crippen LogP contribution in [0.2, 0.25) is 0 Å². The average Bonchev–Trinajstić information content (AvgIpc) is 2.13. The average molecular weight is 287 g/mol. The van der Waals surface area contributed by atoms with Gasteiger partial charge in [-0.15, -0.1) is 0 Å². The van der Waals surface area contributed by atoms with Crippen LogP contribution in [0.5, 0.6) is 0 Å². The highest BCUT2D eigenvalue weighted by Gasteiger charge is 2.64. The summed E-state index contributed by atoms with van der Waals surface area (Å²) in [5.41, 5.74) is 0.195. The van der Waals surface area contributed by atoms with Gasteiger partial charge in [-0.2, -0.15) is 0 Å². The minimum absolute atomic E-state index is 0.284. The van der Waals surface area contributed by atoms with Gasteiger partial charge in [0.15, 0.2) is 0 Å². The molecule has 0 radical (unpaired) electrons. The van der Waals surface area contributed by atoms with Crippen molar-refractivity contribution in [1.82, 2.24) is 0 Å². The van der Waals surface area contributed by atoms with Crippen molar-refractivity contribution in [2.24, 2.45) is 22.2 Å². The smallest absolute Gasteiger partial charge is 0.309 e. The Morgan fingerprint density at radius 2 is 2.06 bits per heavy atom. The molecular formula is C13H19BrO2. The molecule has 4 aliphatic carbocycles. The highest BCUT2D eigenvalue weighted by molar-refractivity contribution is 9.09. The molecule has 3 heteroatoms. The van der Waals surface area contributed by atoms with Gasteiger partial charge in [-0.1, -0.05) is 22.9 Å². The van der Waals surface area contributed by atoms with E-state index in [-0.39, 0.29) is 10.8 Å². The molecule has 0 unspecified atom stereocenters. The molecule has 4 atom stereocenters. The molecule has 0 heterocycles. The zero-order valence-corrected chi connectivity index (χ0v) is 11.3. The van der Waals surface area contributed by atoms with E-state index in [4.69, 9.17) is 0 Å². The minimum atomic E-state index is -0.534. The summed E-state index contributed by atoms with van der Waals surface area (Å²) in [4.78, 5) is 11.6. The van der Waals surface area contributed by atoms with Gasteiger partial charge in [-0.25, -0.2) is 0 Å². The normalized spacial score (nSPS) is 54.2. The van der Waals surface area contributed by atoms with E-state index < -0.39 is 5.97 Å². The molecule has 4 rings (SSSR count). The van der Waals surface area contributed by atoms with Crippen LogP contribution in [0.1, 0.15) is 45.4 Å². The maximum Gasteiger partial charge on any atom is 0.309 e. The Hall–Kier alpha value is -0.0500. The minimum Gasteiger partial charge on any atom is -0.481 e. The van der Waals surface area contributed by atoms with Gasteiger partial charge in [0.25, 0.3) is 0 Å². The lowest BCUT2D eigenvalue weighted by molar-refractivity contribution is -0.184. The largest absolute Gasteiger partial charge is 0.481 e. The Kier molecular flexibility index (Phi) is 2.10. The first kappa shape index (κ1) is 11.1. The zero-order valence-electron chi connectivity index (χ0n) is 9.76. The van der Waals surface area contributed by atoms with Crippen molar-refractivity contribution in [1.29, 1.82) is 0 Å². The molecule has 0 aliphatic heterocycles. The number of carboxylic acids is 1. The molecule has 0 aromatic carbocycles. The highest BCUT2D eigenvalue weighted by atomic mass is 79.9. The van der Waals surface area contributed by atoms with E-state index in [0.717, 1.165) is 24.6 Å². The second-order valence-electron chi connectivity index (χ2n) is 7.04. The molecule has 0 saturated heterocycles. The van der Waals surface area contributed by atoms with Crippen molar-refractivity contribution < 1.29 is 9.90 Å². The Balaban J connectivity index is 2.04. The fraction of sp³-hybridized carbons (Fsp3) is 0.923. The number of alkyl halides is 1. The van der Waals surface area contributed by atoms with Gasteiger partial charge in [0.05, 0.1) is 5.41 Å². The molecular weight excluding hydrogens is 268 g/mol. The van der Waals surface area contributed by atoms with E-state index in [1.54, 1.807) is 0 Å². The molecule has 0 spiro atoms. The van der Waals surface area contributed by atoms with Gasteiger partial charge in [0, 0.05) is 5.33 Å². The van der Waals surface area contributed by atoms with Gasteiger partial charge in [-0.05, 0) is 55.3 Å². The van der Waals surface area contributed by atoms with E-state index in [2.05, 4.69) is 22.9 Å². The fourth-order valence-electron chi connectivity index (χ4n) is 5.53. The second kappa shape index (κ2) is 3.04. The molecule has 1 N–H and O–H groups in total. The summed E-state index contributed by atoms with van der Waals surface area (Å²) in [6.45, 7) is 2.31. The van der Waals surface area contributed by atoms with Crippen LogP contribution in [0.25, 0.3) is 0 Å². The van der Waals surface area contributed by atoms with Crippen LogP contribution < -0.4 is 0 Å². The standard InChI is InChI=1S/C13H19BrO2/c1-11-2-9-3-12(5-11,8-14)7-13(4-9,6-11)10(15)16/h9H,2-8H2,1H3,(H,15,16)/t9-,11+,12+,13+/m0/s1. The van der Waals surface area contributed by atoms with E-state index >= 15 is 0 Å². The summed E-state index contributed by atoms with van der Waals surface area (Å²) < 4.78 is 0. The Morgan fingerprint density at radius 3 is 2.62 bits per heavy atom. The summed E-state index contributed by atoms with van der Waals surface area (Å²) >= 11 is 3.64. The number of hydrogen-bond acceptors (Lipinski definition) is 1. The van der Waals surface area contributed by atoms with Crippen LogP contribution in [-0.4, -0.2) is 16.4 Å². The molecule has 16 heavy (non-hydrogen) atoms. The highest BCUT2D eigenvalue weighted by Crippen LogP contribution is 2.69. The van der Waals surface area contributed by atoms with Crippen LogP contribution >= 0.6 is 15.9 Å². The molecule has 2 nitrogen and oxygen atoms in total. The molecule has 0 aromatic rings. The van der Waals surface area contributed by atoms with Crippen molar-refractivity contribution in [3.8, 4) is 0 Å². The molecule has 0 aromatic heterocycles. The second-order valence-corrected chi connectivity index (χ2v) is 7.60. The molecule has 4 bridgehead atoms. The predicted octanol–water partition coefficient (Wildman–Crippen LogP) is 3.44. The Bertz CT molecular complexity index is 356. The van der Waals surface area contributed by atoms with Crippen molar-refractivity contribution in [3.05, 3.63) is 0 Å². The maximum atomic E-state index is 11.6. The third-order valence-electron chi connectivity index (χ3n) is 5.20. The Morgan fingerprint density at radius 1 is 1.31 bits per heavy atom. The zero-order chi connectivity index (χ0) is 11.6. The topological polar surface area (TPSA) is 37.3 Å². The molecule has 4 saturated carbocycles. The van der Waals surface area contributed by atoms with Crippen LogP contribution in [0.4, 0.5) is 0 Å². The van der Waals surface area contributed by atoms with Gasteiger partial charge >= 0.3 is 5.97 Å². The fourth-order valence-corrected chi connectivity index (χ4v) is 6.15. The van der Waals surface area contributed by atoms with Crippen molar-refractivity contribution >= 4 is 21.9 Å². The first-order chi connectivity index (χ1) is 7.41. The first-order valence-corrected chi connectivity index (χ1v) is 7.33. The van der Waals surface area contributed by atoms with Crippen LogP contribution in [0.3, 0.4) is 0 Å². The molecule has 4 aliphatic rings. The number of halogens is 1. The lowest BCUT2D eigenvalue weighted by Gasteiger charge is -2.64. The third kappa shape index (κ3) is 1.33. The lowest BCUT2D eigenvalue weighted by atomic mass is 9.40. The number of rotatable bonds is 2. The first-order valence-electron chi connectivity index (χ1n) is 6.21. The number of hydrogen-bond donors (Lipinski definition) is 1. The van der Waals surface area contributed by atoms with E-state index in [0.29, 0.717) is 11.3 Å². The van der Waals surface area contributed by atoms with Crippen molar-refractivity contribution in [2.75, 3.05) is 5.33 Å². The van der Waals surface area contributed by atoms with E-state index in [1.165, 1.54) is 19.3 Å². The van der Waals surface area contributed by atoms with Gasteiger partial charge in [-0.3, -0.25) is 4.79 Å². The Labute approximate surface area is 105 Å². The summed E-state index contributed by atoms with van der Waals surface area (Å²) in [6, 6.07) is 0. The van der Waals surface area contributed by atoms with Gasteiger partial charge in [0.2, 0.25) is 0 Å². The predicted molar refractivity (Wildman–Crippen MR) is 65.6 cm³/mol. The van der Waals surface area contributed by atoms with Crippen LogP contribution in [-0.2, 0) is 4.79 Å². The van der Waals surface area contributed by atoms with Gasteiger partial charge < -0.3 is 5.11 Å². The van der Waals surface area contributed by atoms with Crippen molar-refractivity contribution in [2.45, 2.75) is 45.4 Å². The molecule has 0 amide bonds. The summed E-state index contributed by atoms with van der Waals surface area (Å²) in [6.07, 6.45) is 6.51. The molecule has 4 fully saturated rings. The number of carboxylic acid groups (broad SMARTS) is 1. The number of carbonyl (C=O) groups is 1. The maximum absolute atomic E-state index is 11.6. The van der Waals surface area contributed by atoms with Crippen molar-refractivity contribution in [3.63, 3.8) is 0 Å². The van der Waals surface area contributed by atoms with Crippen LogP contribution in [0, 0.1) is 22.2 Å². The van der Waals surface area contributed by atoms with Crippen LogP contribution in [0.15, 0.2) is 0 Å². The summed E-state index contributed by atoms with van der Waals surface area (Å²) in [7, 11) is 0. The summed E-state index contributed by atoms with van der Waals surface area (Å²) in [5.74, 6) is 0.128. The molecule has 90 valence electrons. The van der Waals surface area contributed by atoms with E-state index in [9.17, 15) is 9.90 Å². The lowest BCUT2D eigenvalue weighted by Crippen LogP contribution is -2.59. The van der Waals surface area contributed by atoms with Gasteiger partial charge in [0.1, 0.15) is 0 Å². The van der Waals surface area contributed by atoms with E-state index in [1.807, 2.05) is 0 Å².